The van der Waals surface area contributed by atoms with E-state index in [0.717, 1.165) is 48.0 Å². The highest BCUT2D eigenvalue weighted by Gasteiger charge is 2.22. The van der Waals surface area contributed by atoms with Gasteiger partial charge in [-0.1, -0.05) is 18.2 Å². The van der Waals surface area contributed by atoms with Crippen molar-refractivity contribution in [3.8, 4) is 5.75 Å². The molecule has 0 bridgehead atoms. The predicted octanol–water partition coefficient (Wildman–Crippen LogP) is 3.66. The molecule has 3 aromatic rings. The summed E-state index contributed by atoms with van der Waals surface area (Å²) in [6, 6.07) is 15.3. The Morgan fingerprint density at radius 3 is 2.59 bits per heavy atom. The van der Waals surface area contributed by atoms with E-state index >= 15 is 0 Å². The Hall–Kier alpha value is -3.61. The lowest BCUT2D eigenvalue weighted by molar-refractivity contribution is -0.133. The second kappa shape index (κ2) is 9.68. The van der Waals surface area contributed by atoms with Crippen LogP contribution in [0.1, 0.15) is 28.8 Å². The molecule has 2 heterocycles. The van der Waals surface area contributed by atoms with Gasteiger partial charge in [-0.05, 0) is 59.5 Å². The third-order valence-electron chi connectivity index (χ3n) is 5.70. The van der Waals surface area contributed by atoms with Crippen molar-refractivity contribution in [1.82, 2.24) is 9.88 Å². The molecule has 0 unspecified atom stereocenters. The van der Waals surface area contributed by atoms with Gasteiger partial charge in [0.15, 0.2) is 6.61 Å². The first kappa shape index (κ1) is 21.6. The molecule has 1 aliphatic rings. The van der Waals surface area contributed by atoms with Crippen LogP contribution in [0.4, 0.5) is 5.82 Å². The number of hydrogen-bond donors (Lipinski definition) is 0. The highest BCUT2D eigenvalue weighted by Crippen LogP contribution is 2.23. The highest BCUT2D eigenvalue weighted by atomic mass is 16.5. The zero-order valence-corrected chi connectivity index (χ0v) is 18.4. The van der Waals surface area contributed by atoms with Crippen LogP contribution < -0.4 is 9.64 Å². The fraction of sp³-hybridized carbons (Fsp3) is 0.320. The van der Waals surface area contributed by atoms with Gasteiger partial charge in [0.2, 0.25) is 0 Å². The van der Waals surface area contributed by atoms with E-state index in [2.05, 4.69) is 9.88 Å². The van der Waals surface area contributed by atoms with Gasteiger partial charge in [-0.25, -0.2) is 9.78 Å². The quantitative estimate of drug-likeness (QED) is 0.530. The number of methoxy groups -OCH3 is 1. The molecule has 0 spiro atoms. The summed E-state index contributed by atoms with van der Waals surface area (Å²) in [5.41, 5.74) is 1.39. The second-order valence-electron chi connectivity index (χ2n) is 7.94. The summed E-state index contributed by atoms with van der Waals surface area (Å²) in [7, 11) is 3.35. The number of ether oxygens (including phenoxy) is 2. The molecule has 1 amide bonds. The molecule has 0 N–H and O–H groups in total. The van der Waals surface area contributed by atoms with Crippen molar-refractivity contribution in [3.63, 3.8) is 0 Å². The van der Waals surface area contributed by atoms with Crippen molar-refractivity contribution in [2.75, 3.05) is 38.8 Å². The SMILES string of the molecule is COc1ccc2cc(CN(C)C(=O)COC(=O)c3cccnc3N3CCCC3)ccc2c1. The average molecular weight is 434 g/mol. The summed E-state index contributed by atoms with van der Waals surface area (Å²) in [5.74, 6) is 0.644. The first-order chi connectivity index (χ1) is 15.5. The number of amides is 1. The van der Waals surface area contributed by atoms with Crippen molar-refractivity contribution in [1.29, 1.82) is 0 Å². The standard InChI is InChI=1S/C25H27N3O4/c1-27(16-18-7-8-20-15-21(31-2)10-9-19(20)14-18)23(29)17-32-25(30)22-6-5-11-26-24(22)28-12-3-4-13-28/h5-11,14-15H,3-4,12-13,16-17H2,1-2H3. The number of likely N-dealkylation sites (N-methyl/N-ethyl adjacent to an activating group) is 1. The number of carbonyl (C=O) groups excluding carboxylic acids is 2. The summed E-state index contributed by atoms with van der Waals surface area (Å²) in [6.07, 6.45) is 3.83. The zero-order valence-electron chi connectivity index (χ0n) is 18.4. The molecule has 1 aromatic heterocycles. The van der Waals surface area contributed by atoms with Gasteiger partial charge in [0.1, 0.15) is 17.1 Å². The lowest BCUT2D eigenvalue weighted by Crippen LogP contribution is -2.31. The maximum atomic E-state index is 12.6. The minimum Gasteiger partial charge on any atom is -0.497 e. The Balaban J connectivity index is 1.36. The van der Waals surface area contributed by atoms with E-state index in [1.54, 1.807) is 37.4 Å². The van der Waals surface area contributed by atoms with Crippen LogP contribution in [0.3, 0.4) is 0 Å². The van der Waals surface area contributed by atoms with E-state index in [-0.39, 0.29) is 12.5 Å². The van der Waals surface area contributed by atoms with Crippen LogP contribution >= 0.6 is 0 Å². The van der Waals surface area contributed by atoms with Crippen molar-refractivity contribution in [2.45, 2.75) is 19.4 Å². The van der Waals surface area contributed by atoms with Crippen LogP contribution in [-0.2, 0) is 16.1 Å². The Morgan fingerprint density at radius 2 is 1.81 bits per heavy atom. The maximum Gasteiger partial charge on any atom is 0.342 e. The lowest BCUT2D eigenvalue weighted by Gasteiger charge is -2.20. The number of fused-ring (bicyclic) bond motifs is 1. The number of aromatic nitrogens is 1. The van der Waals surface area contributed by atoms with Crippen LogP contribution in [0.2, 0.25) is 0 Å². The van der Waals surface area contributed by atoms with Crippen molar-refractivity contribution >= 4 is 28.5 Å². The number of pyridine rings is 1. The molecular weight excluding hydrogens is 406 g/mol. The van der Waals surface area contributed by atoms with Gasteiger partial charge in [0, 0.05) is 32.9 Å². The molecule has 1 aliphatic heterocycles. The van der Waals surface area contributed by atoms with Crippen LogP contribution in [0.25, 0.3) is 10.8 Å². The van der Waals surface area contributed by atoms with Gasteiger partial charge in [-0.3, -0.25) is 4.79 Å². The Morgan fingerprint density at radius 1 is 1.06 bits per heavy atom. The number of carbonyl (C=O) groups is 2. The van der Waals surface area contributed by atoms with E-state index in [1.807, 2.05) is 36.4 Å². The smallest absolute Gasteiger partial charge is 0.342 e. The molecule has 1 saturated heterocycles. The maximum absolute atomic E-state index is 12.6. The summed E-state index contributed by atoms with van der Waals surface area (Å²) in [5, 5.41) is 2.14. The van der Waals surface area contributed by atoms with Gasteiger partial charge in [0.25, 0.3) is 5.91 Å². The van der Waals surface area contributed by atoms with Gasteiger partial charge in [0.05, 0.1) is 7.11 Å². The van der Waals surface area contributed by atoms with Crippen molar-refractivity contribution in [3.05, 3.63) is 65.9 Å². The van der Waals surface area contributed by atoms with Crippen molar-refractivity contribution < 1.29 is 19.1 Å². The van der Waals surface area contributed by atoms with Gasteiger partial charge in [-0.15, -0.1) is 0 Å². The number of rotatable bonds is 7. The van der Waals surface area contributed by atoms with Gasteiger partial charge in [-0.2, -0.15) is 0 Å². The minimum absolute atomic E-state index is 0.264. The van der Waals surface area contributed by atoms with E-state index in [1.165, 1.54) is 0 Å². The monoisotopic (exact) mass is 433 g/mol. The molecule has 1 fully saturated rings. The topological polar surface area (TPSA) is 72.0 Å². The number of esters is 1. The third kappa shape index (κ3) is 4.82. The number of benzene rings is 2. The molecule has 0 saturated carbocycles. The van der Waals surface area contributed by atoms with E-state index in [4.69, 9.17) is 9.47 Å². The van der Waals surface area contributed by atoms with Crippen LogP contribution in [0.5, 0.6) is 5.75 Å². The van der Waals surface area contributed by atoms with Crippen LogP contribution in [0.15, 0.2) is 54.7 Å². The largest absolute Gasteiger partial charge is 0.497 e. The number of anilines is 1. The molecular formula is C25H27N3O4. The number of nitrogens with zero attached hydrogens (tertiary/aromatic N) is 3. The van der Waals surface area contributed by atoms with Crippen LogP contribution in [-0.4, -0.2) is 55.6 Å². The Bertz CT molecular complexity index is 1130. The zero-order chi connectivity index (χ0) is 22.5. The summed E-state index contributed by atoms with van der Waals surface area (Å²) < 4.78 is 10.6. The van der Waals surface area contributed by atoms with E-state index in [0.29, 0.717) is 17.9 Å². The molecule has 7 heteroatoms. The summed E-state index contributed by atoms with van der Waals surface area (Å²) in [4.78, 5) is 33.2. The minimum atomic E-state index is -0.526. The molecule has 4 rings (SSSR count). The summed E-state index contributed by atoms with van der Waals surface area (Å²) >= 11 is 0. The van der Waals surface area contributed by atoms with E-state index < -0.39 is 5.97 Å². The van der Waals surface area contributed by atoms with Crippen molar-refractivity contribution in [2.24, 2.45) is 0 Å². The number of hydrogen-bond acceptors (Lipinski definition) is 6. The first-order valence-corrected chi connectivity index (χ1v) is 10.7. The second-order valence-corrected chi connectivity index (χ2v) is 7.94. The molecule has 2 aromatic carbocycles. The molecule has 32 heavy (non-hydrogen) atoms. The summed E-state index contributed by atoms with van der Waals surface area (Å²) in [6.45, 7) is 1.85. The fourth-order valence-electron chi connectivity index (χ4n) is 3.91. The fourth-order valence-corrected chi connectivity index (χ4v) is 3.91. The van der Waals surface area contributed by atoms with Gasteiger partial charge >= 0.3 is 5.97 Å². The molecule has 166 valence electrons. The van der Waals surface area contributed by atoms with Crippen LogP contribution in [0, 0.1) is 0 Å². The molecule has 7 nitrogen and oxygen atoms in total. The highest BCUT2D eigenvalue weighted by molar-refractivity contribution is 5.96. The normalized spacial score (nSPS) is 13.2. The molecule has 0 aliphatic carbocycles. The third-order valence-corrected chi connectivity index (χ3v) is 5.70. The Kier molecular flexibility index (Phi) is 6.54. The van der Waals surface area contributed by atoms with E-state index in [9.17, 15) is 9.59 Å². The Labute approximate surface area is 187 Å². The predicted molar refractivity (Wildman–Crippen MR) is 123 cm³/mol. The molecule has 0 atom stereocenters. The van der Waals surface area contributed by atoms with Gasteiger partial charge < -0.3 is 19.3 Å². The molecule has 0 radical (unpaired) electrons. The lowest BCUT2D eigenvalue weighted by atomic mass is 10.1. The first-order valence-electron chi connectivity index (χ1n) is 10.7. The average Bonchev–Trinajstić information content (AvgIpc) is 3.36.